The van der Waals surface area contributed by atoms with Gasteiger partial charge in [0.25, 0.3) is 5.91 Å². The fourth-order valence-electron chi connectivity index (χ4n) is 3.90. The molecule has 0 bridgehead atoms. The van der Waals surface area contributed by atoms with Crippen LogP contribution in [0.15, 0.2) is 102 Å². The first-order chi connectivity index (χ1) is 17.7. The topological polar surface area (TPSA) is 69.0 Å². The molecule has 180 valence electrons. The number of thioether (sulfide) groups is 1. The van der Waals surface area contributed by atoms with Gasteiger partial charge in [-0.3, -0.25) is 9.78 Å². The average Bonchev–Trinajstić information content (AvgIpc) is 3.29. The fourth-order valence-corrected chi connectivity index (χ4v) is 4.87. The summed E-state index contributed by atoms with van der Waals surface area (Å²) in [6, 6.07) is 27.7. The van der Waals surface area contributed by atoms with Crippen molar-refractivity contribution in [1.29, 1.82) is 0 Å². The Morgan fingerprint density at radius 2 is 1.67 bits per heavy atom. The highest BCUT2D eigenvalue weighted by molar-refractivity contribution is 7.98. The van der Waals surface area contributed by atoms with Crippen molar-refractivity contribution in [2.75, 3.05) is 7.11 Å². The summed E-state index contributed by atoms with van der Waals surface area (Å²) >= 11 is 1.67. The molecule has 0 fully saturated rings. The van der Waals surface area contributed by atoms with Gasteiger partial charge in [0.1, 0.15) is 5.75 Å². The maximum atomic E-state index is 12.5. The van der Waals surface area contributed by atoms with Crippen LogP contribution in [0.3, 0.4) is 0 Å². The van der Waals surface area contributed by atoms with Gasteiger partial charge in [-0.05, 0) is 47.0 Å². The van der Waals surface area contributed by atoms with Crippen LogP contribution >= 0.6 is 11.8 Å². The second kappa shape index (κ2) is 11.1. The van der Waals surface area contributed by atoms with E-state index in [2.05, 4.69) is 27.0 Å². The number of pyridine rings is 1. The lowest BCUT2D eigenvalue weighted by atomic mass is 10.1. The highest BCUT2D eigenvalue weighted by Gasteiger charge is 2.13. The van der Waals surface area contributed by atoms with Crippen molar-refractivity contribution >= 4 is 28.7 Å². The normalized spacial score (nSPS) is 10.9. The van der Waals surface area contributed by atoms with Crippen LogP contribution in [0.5, 0.6) is 5.75 Å². The minimum Gasteiger partial charge on any atom is -0.497 e. The molecule has 0 aliphatic heterocycles. The maximum absolute atomic E-state index is 12.5. The third-order valence-electron chi connectivity index (χ3n) is 5.90. The van der Waals surface area contributed by atoms with Gasteiger partial charge >= 0.3 is 0 Å². The number of amides is 1. The summed E-state index contributed by atoms with van der Waals surface area (Å²) in [5.74, 6) is 1.50. The van der Waals surface area contributed by atoms with Crippen LogP contribution in [0.4, 0.5) is 0 Å². The van der Waals surface area contributed by atoms with Crippen molar-refractivity contribution in [2.24, 2.45) is 0 Å². The Morgan fingerprint density at radius 1 is 0.917 bits per heavy atom. The summed E-state index contributed by atoms with van der Waals surface area (Å²) in [7, 11) is 1.67. The van der Waals surface area contributed by atoms with Crippen LogP contribution in [-0.2, 0) is 18.8 Å². The number of fused-ring (bicyclic) bond motifs is 1. The molecule has 0 atom stereocenters. The van der Waals surface area contributed by atoms with Crippen molar-refractivity contribution in [3.63, 3.8) is 0 Å². The summed E-state index contributed by atoms with van der Waals surface area (Å²) in [6.45, 7) is 1.20. The molecular formula is C29H26N4O2S. The minimum atomic E-state index is -0.0770. The largest absolute Gasteiger partial charge is 0.497 e. The van der Waals surface area contributed by atoms with Crippen LogP contribution in [0.25, 0.3) is 11.0 Å². The summed E-state index contributed by atoms with van der Waals surface area (Å²) in [5.41, 5.74) is 5.93. The Labute approximate surface area is 214 Å². The molecule has 0 unspecified atom stereocenters. The van der Waals surface area contributed by atoms with Gasteiger partial charge in [-0.15, -0.1) is 0 Å². The zero-order valence-corrected chi connectivity index (χ0v) is 20.7. The number of rotatable bonds is 9. The number of methoxy groups -OCH3 is 1. The SMILES string of the molecule is COc1ccc(Cn2c(SCc3ccc(C(=O)NCc4ccccc4)cc3)nc3ccncc32)cc1. The van der Waals surface area contributed by atoms with E-state index in [-0.39, 0.29) is 5.91 Å². The molecule has 0 spiro atoms. The standard InChI is InChI=1S/C29H26N4O2S/c1-35-25-13-9-22(10-14-25)19-33-27-18-30-16-15-26(27)32-29(33)36-20-23-7-11-24(12-8-23)28(34)31-17-21-5-3-2-4-6-21/h2-16,18H,17,19-20H2,1H3,(H,31,34). The molecule has 0 radical (unpaired) electrons. The molecule has 1 N–H and O–H groups in total. The van der Waals surface area contributed by atoms with E-state index in [0.29, 0.717) is 18.7 Å². The van der Waals surface area contributed by atoms with Crippen molar-refractivity contribution in [1.82, 2.24) is 19.9 Å². The third kappa shape index (κ3) is 5.58. The van der Waals surface area contributed by atoms with E-state index in [1.165, 1.54) is 0 Å². The molecule has 2 aromatic heterocycles. The van der Waals surface area contributed by atoms with Gasteiger partial charge in [0, 0.05) is 24.1 Å². The molecule has 0 aliphatic carbocycles. The molecule has 5 aromatic rings. The number of hydrogen-bond acceptors (Lipinski definition) is 5. The maximum Gasteiger partial charge on any atom is 0.251 e. The summed E-state index contributed by atoms with van der Waals surface area (Å²) < 4.78 is 7.48. The van der Waals surface area contributed by atoms with E-state index in [9.17, 15) is 4.79 Å². The molecule has 6 nitrogen and oxygen atoms in total. The number of nitrogens with zero attached hydrogens (tertiary/aromatic N) is 3. The molecule has 2 heterocycles. The fraction of sp³-hybridized carbons (Fsp3) is 0.138. The van der Waals surface area contributed by atoms with Crippen LogP contribution in [-0.4, -0.2) is 27.6 Å². The Bertz CT molecular complexity index is 1450. The van der Waals surface area contributed by atoms with E-state index < -0.39 is 0 Å². The monoisotopic (exact) mass is 494 g/mol. The van der Waals surface area contributed by atoms with Crippen molar-refractivity contribution in [2.45, 2.75) is 24.0 Å². The smallest absolute Gasteiger partial charge is 0.251 e. The van der Waals surface area contributed by atoms with Gasteiger partial charge in [0.05, 0.1) is 30.9 Å². The lowest BCUT2D eigenvalue weighted by molar-refractivity contribution is 0.0951. The highest BCUT2D eigenvalue weighted by atomic mass is 32.2. The lowest BCUT2D eigenvalue weighted by Crippen LogP contribution is -2.22. The van der Waals surface area contributed by atoms with Crippen molar-refractivity contribution < 1.29 is 9.53 Å². The van der Waals surface area contributed by atoms with Crippen LogP contribution in [0.2, 0.25) is 0 Å². The summed E-state index contributed by atoms with van der Waals surface area (Å²) in [4.78, 5) is 21.7. The Morgan fingerprint density at radius 3 is 2.42 bits per heavy atom. The first-order valence-electron chi connectivity index (χ1n) is 11.7. The van der Waals surface area contributed by atoms with Gasteiger partial charge in [0.2, 0.25) is 0 Å². The second-order valence-corrected chi connectivity index (χ2v) is 9.29. The van der Waals surface area contributed by atoms with Gasteiger partial charge in [-0.1, -0.05) is 66.4 Å². The Kier molecular flexibility index (Phi) is 7.28. The van der Waals surface area contributed by atoms with Gasteiger partial charge in [-0.2, -0.15) is 0 Å². The predicted molar refractivity (Wildman–Crippen MR) is 143 cm³/mol. The van der Waals surface area contributed by atoms with Crippen LogP contribution in [0.1, 0.15) is 27.0 Å². The van der Waals surface area contributed by atoms with Crippen LogP contribution < -0.4 is 10.1 Å². The highest BCUT2D eigenvalue weighted by Crippen LogP contribution is 2.28. The number of carbonyl (C=O) groups excluding carboxylic acids is 1. The molecule has 0 saturated carbocycles. The number of aromatic nitrogens is 3. The summed E-state index contributed by atoms with van der Waals surface area (Å²) in [6.07, 6.45) is 3.63. The molecule has 0 aliphatic rings. The van der Waals surface area contributed by atoms with Crippen molar-refractivity contribution in [3.05, 3.63) is 120 Å². The number of ether oxygens (including phenoxy) is 1. The Balaban J connectivity index is 1.26. The minimum absolute atomic E-state index is 0.0770. The Hall–Kier alpha value is -4.10. The predicted octanol–water partition coefficient (Wildman–Crippen LogP) is 5.71. The average molecular weight is 495 g/mol. The van der Waals surface area contributed by atoms with Gasteiger partial charge < -0.3 is 14.6 Å². The van der Waals surface area contributed by atoms with E-state index in [1.54, 1.807) is 25.1 Å². The number of nitrogens with one attached hydrogen (secondary N) is 1. The van der Waals surface area contributed by atoms with Crippen molar-refractivity contribution in [3.8, 4) is 5.75 Å². The van der Waals surface area contributed by atoms with E-state index >= 15 is 0 Å². The first kappa shape index (κ1) is 23.6. The zero-order valence-electron chi connectivity index (χ0n) is 19.9. The third-order valence-corrected chi connectivity index (χ3v) is 6.94. The number of benzene rings is 3. The lowest BCUT2D eigenvalue weighted by Gasteiger charge is -2.10. The quantitative estimate of drug-likeness (QED) is 0.266. The van der Waals surface area contributed by atoms with Gasteiger partial charge in [0.15, 0.2) is 5.16 Å². The second-order valence-electron chi connectivity index (χ2n) is 8.35. The number of carbonyl (C=O) groups is 1. The summed E-state index contributed by atoms with van der Waals surface area (Å²) in [5, 5.41) is 3.90. The zero-order chi connectivity index (χ0) is 24.7. The van der Waals surface area contributed by atoms with E-state index in [0.717, 1.165) is 44.4 Å². The van der Waals surface area contributed by atoms with Gasteiger partial charge in [-0.25, -0.2) is 4.98 Å². The molecule has 3 aromatic carbocycles. The molecule has 5 rings (SSSR count). The van der Waals surface area contributed by atoms with Crippen LogP contribution in [0, 0.1) is 0 Å². The molecule has 36 heavy (non-hydrogen) atoms. The van der Waals surface area contributed by atoms with E-state index in [4.69, 9.17) is 9.72 Å². The number of imidazole rings is 1. The number of hydrogen-bond donors (Lipinski definition) is 1. The van der Waals surface area contributed by atoms with E-state index in [1.807, 2.05) is 79.0 Å². The molecule has 0 saturated heterocycles. The molecular weight excluding hydrogens is 468 g/mol. The first-order valence-corrected chi connectivity index (χ1v) is 12.7. The molecule has 7 heteroatoms. The molecule has 1 amide bonds.